The molecular weight excluding hydrogens is 330 g/mol. The van der Waals surface area contributed by atoms with Gasteiger partial charge in [-0.05, 0) is 37.2 Å². The first kappa shape index (κ1) is 18.1. The van der Waals surface area contributed by atoms with E-state index >= 15 is 0 Å². The van der Waals surface area contributed by atoms with Gasteiger partial charge in [0.05, 0.1) is 11.5 Å². The van der Waals surface area contributed by atoms with Gasteiger partial charge in [0.25, 0.3) is 11.1 Å². The van der Waals surface area contributed by atoms with Crippen molar-refractivity contribution in [2.45, 2.75) is 20.3 Å². The lowest BCUT2D eigenvalue weighted by molar-refractivity contribution is -0.145. The summed E-state index contributed by atoms with van der Waals surface area (Å²) < 4.78 is 10.3. The largest absolute Gasteiger partial charge is 0.481 e. The van der Waals surface area contributed by atoms with Crippen molar-refractivity contribution in [3.8, 4) is 5.75 Å². The minimum atomic E-state index is -0.462. The Morgan fingerprint density at radius 1 is 1.25 bits per heavy atom. The van der Waals surface area contributed by atoms with Crippen molar-refractivity contribution >= 4 is 35.0 Å². The van der Waals surface area contributed by atoms with Gasteiger partial charge in [-0.2, -0.15) is 0 Å². The number of benzene rings is 1. The number of rotatable bonds is 7. The van der Waals surface area contributed by atoms with Crippen LogP contribution < -0.4 is 4.74 Å². The van der Waals surface area contributed by atoms with Crippen LogP contribution in [0.4, 0.5) is 4.79 Å². The molecule has 0 radical (unpaired) electrons. The van der Waals surface area contributed by atoms with Gasteiger partial charge in [0.1, 0.15) is 5.75 Å². The molecule has 2 rings (SSSR count). The van der Waals surface area contributed by atoms with Gasteiger partial charge in [-0.25, -0.2) is 4.79 Å². The van der Waals surface area contributed by atoms with E-state index in [0.29, 0.717) is 29.2 Å². The lowest BCUT2D eigenvalue weighted by Gasteiger charge is -2.10. The van der Waals surface area contributed by atoms with Gasteiger partial charge in [-0.1, -0.05) is 25.1 Å². The van der Waals surface area contributed by atoms with Crippen molar-refractivity contribution in [2.75, 3.05) is 19.8 Å². The molecule has 0 spiro atoms. The fourth-order valence-electron chi connectivity index (χ4n) is 2.13. The maximum Gasteiger partial charge on any atom is 0.344 e. The summed E-state index contributed by atoms with van der Waals surface area (Å²) in [6.07, 6.45) is 2.33. The van der Waals surface area contributed by atoms with Crippen LogP contribution in [-0.2, 0) is 14.3 Å². The molecule has 0 aromatic heterocycles. The van der Waals surface area contributed by atoms with Crippen molar-refractivity contribution < 1.29 is 23.9 Å². The zero-order chi connectivity index (χ0) is 17.5. The van der Waals surface area contributed by atoms with Crippen LogP contribution in [0, 0.1) is 0 Å². The topological polar surface area (TPSA) is 72.9 Å². The first-order valence-corrected chi connectivity index (χ1v) is 8.51. The van der Waals surface area contributed by atoms with Crippen molar-refractivity contribution in [2.24, 2.45) is 0 Å². The molecule has 7 heteroatoms. The Kier molecular flexibility index (Phi) is 6.43. The average molecular weight is 349 g/mol. The molecule has 128 valence electrons. The Morgan fingerprint density at radius 3 is 2.71 bits per heavy atom. The van der Waals surface area contributed by atoms with Crippen LogP contribution in [-0.4, -0.2) is 41.8 Å². The van der Waals surface area contributed by atoms with E-state index in [1.807, 2.05) is 6.92 Å². The number of hydrogen-bond acceptors (Lipinski definition) is 6. The Balaban J connectivity index is 2.16. The summed E-state index contributed by atoms with van der Waals surface area (Å²) in [5.74, 6) is -0.310. The molecular formula is C17H19NO5S. The van der Waals surface area contributed by atoms with E-state index in [2.05, 4.69) is 0 Å². The number of carbonyl (C=O) groups is 3. The number of imide groups is 1. The van der Waals surface area contributed by atoms with E-state index in [4.69, 9.17) is 9.47 Å². The quantitative estimate of drug-likeness (QED) is 0.556. The third-order valence-electron chi connectivity index (χ3n) is 3.18. The molecule has 1 aliphatic rings. The molecule has 2 amide bonds. The van der Waals surface area contributed by atoms with Crippen LogP contribution in [0.1, 0.15) is 25.8 Å². The van der Waals surface area contributed by atoms with E-state index in [0.717, 1.165) is 11.8 Å². The number of amides is 2. The summed E-state index contributed by atoms with van der Waals surface area (Å²) in [6, 6.07) is 7.01. The van der Waals surface area contributed by atoms with Crippen LogP contribution in [0.15, 0.2) is 29.2 Å². The molecule has 0 N–H and O–H groups in total. The van der Waals surface area contributed by atoms with Gasteiger partial charge < -0.3 is 9.47 Å². The molecule has 0 bridgehead atoms. The molecule has 1 fully saturated rings. The zero-order valence-corrected chi connectivity index (χ0v) is 14.4. The summed E-state index contributed by atoms with van der Waals surface area (Å²) in [5, 5.41) is -0.266. The second-order valence-electron chi connectivity index (χ2n) is 4.96. The molecule has 1 aromatic carbocycles. The van der Waals surface area contributed by atoms with E-state index in [1.165, 1.54) is 4.90 Å². The lowest BCUT2D eigenvalue weighted by Crippen LogP contribution is -2.28. The summed E-state index contributed by atoms with van der Waals surface area (Å²) >= 11 is 0.909. The Bertz CT molecular complexity index is 671. The average Bonchev–Trinajstić information content (AvgIpc) is 2.82. The SMILES string of the molecule is CCCN1C(=O)S/C(=C/c2ccccc2OCC(=O)OCC)C1=O. The second-order valence-corrected chi connectivity index (χ2v) is 5.96. The predicted molar refractivity (Wildman–Crippen MR) is 91.5 cm³/mol. The summed E-state index contributed by atoms with van der Waals surface area (Å²) in [5.41, 5.74) is 0.629. The minimum Gasteiger partial charge on any atom is -0.481 e. The smallest absolute Gasteiger partial charge is 0.344 e. The van der Waals surface area contributed by atoms with E-state index in [9.17, 15) is 14.4 Å². The predicted octanol–water partition coefficient (Wildman–Crippen LogP) is 3.07. The van der Waals surface area contributed by atoms with Crippen molar-refractivity contribution in [3.05, 3.63) is 34.7 Å². The van der Waals surface area contributed by atoms with Gasteiger partial charge in [-0.15, -0.1) is 0 Å². The van der Waals surface area contributed by atoms with Crippen LogP contribution in [0.5, 0.6) is 5.75 Å². The summed E-state index contributed by atoms with van der Waals surface area (Å²) in [7, 11) is 0. The van der Waals surface area contributed by atoms with Crippen molar-refractivity contribution in [1.29, 1.82) is 0 Å². The Morgan fingerprint density at radius 2 is 2.00 bits per heavy atom. The molecule has 0 aliphatic carbocycles. The minimum absolute atomic E-state index is 0.212. The summed E-state index contributed by atoms with van der Waals surface area (Å²) in [6.45, 7) is 4.11. The highest BCUT2D eigenvalue weighted by Gasteiger charge is 2.34. The first-order valence-electron chi connectivity index (χ1n) is 7.69. The van der Waals surface area contributed by atoms with E-state index in [1.54, 1.807) is 37.3 Å². The Labute approximate surface area is 144 Å². The number of nitrogens with zero attached hydrogens (tertiary/aromatic N) is 1. The maximum absolute atomic E-state index is 12.3. The number of ether oxygens (including phenoxy) is 2. The van der Waals surface area contributed by atoms with Gasteiger partial charge in [0, 0.05) is 12.1 Å². The number of thioether (sulfide) groups is 1. The third-order valence-corrected chi connectivity index (χ3v) is 4.08. The monoisotopic (exact) mass is 349 g/mol. The number of carbonyl (C=O) groups excluding carboxylic acids is 3. The molecule has 6 nitrogen and oxygen atoms in total. The van der Waals surface area contributed by atoms with Gasteiger partial charge in [-0.3, -0.25) is 14.5 Å². The van der Waals surface area contributed by atoms with E-state index < -0.39 is 5.97 Å². The van der Waals surface area contributed by atoms with Crippen LogP contribution >= 0.6 is 11.8 Å². The van der Waals surface area contributed by atoms with Gasteiger partial charge in [0.15, 0.2) is 6.61 Å². The molecule has 1 heterocycles. The van der Waals surface area contributed by atoms with E-state index in [-0.39, 0.29) is 24.4 Å². The first-order chi connectivity index (χ1) is 11.6. The molecule has 1 saturated heterocycles. The molecule has 0 unspecified atom stereocenters. The number of hydrogen-bond donors (Lipinski definition) is 0. The fraction of sp³-hybridized carbons (Fsp3) is 0.353. The molecule has 24 heavy (non-hydrogen) atoms. The van der Waals surface area contributed by atoms with Crippen LogP contribution in [0.2, 0.25) is 0 Å². The third kappa shape index (κ3) is 4.38. The molecule has 0 atom stereocenters. The van der Waals surface area contributed by atoms with Crippen LogP contribution in [0.3, 0.4) is 0 Å². The number of esters is 1. The standard InChI is InChI=1S/C17H19NO5S/c1-3-9-18-16(20)14(24-17(18)21)10-12-7-5-6-8-13(12)23-11-15(19)22-4-2/h5-8,10H,3-4,9,11H2,1-2H3/b14-10+. The Hall–Kier alpha value is -2.28. The highest BCUT2D eigenvalue weighted by Crippen LogP contribution is 2.33. The second kappa shape index (κ2) is 8.54. The number of para-hydroxylation sites is 1. The highest BCUT2D eigenvalue weighted by atomic mass is 32.2. The summed E-state index contributed by atoms with van der Waals surface area (Å²) in [4.78, 5) is 37.1. The fourth-order valence-corrected chi connectivity index (χ4v) is 2.98. The molecule has 1 aromatic rings. The molecule has 1 aliphatic heterocycles. The lowest BCUT2D eigenvalue weighted by atomic mass is 10.2. The zero-order valence-electron chi connectivity index (χ0n) is 13.6. The van der Waals surface area contributed by atoms with Gasteiger partial charge >= 0.3 is 5.97 Å². The van der Waals surface area contributed by atoms with Gasteiger partial charge in [0.2, 0.25) is 0 Å². The van der Waals surface area contributed by atoms with Crippen molar-refractivity contribution in [3.63, 3.8) is 0 Å². The highest BCUT2D eigenvalue weighted by molar-refractivity contribution is 8.18. The van der Waals surface area contributed by atoms with Crippen molar-refractivity contribution in [1.82, 2.24) is 4.90 Å². The normalized spacial score (nSPS) is 15.9. The maximum atomic E-state index is 12.3. The molecule has 0 saturated carbocycles. The van der Waals surface area contributed by atoms with Crippen LogP contribution in [0.25, 0.3) is 6.08 Å².